The highest BCUT2D eigenvalue weighted by Gasteiger charge is 2.45. The Hall–Kier alpha value is -4.37. The van der Waals surface area contributed by atoms with E-state index in [4.69, 9.17) is 9.15 Å². The molecule has 5 aromatic rings. The third-order valence-corrected chi connectivity index (χ3v) is 7.09. The first-order valence-corrected chi connectivity index (χ1v) is 12.0. The van der Waals surface area contributed by atoms with E-state index in [2.05, 4.69) is 4.98 Å². The Kier molecular flexibility index (Phi) is 5.15. The molecule has 0 bridgehead atoms. The molecule has 178 valence electrons. The van der Waals surface area contributed by atoms with Gasteiger partial charge in [0.2, 0.25) is 5.76 Å². The minimum Gasteiger partial charge on any atom is -0.462 e. The third-order valence-electron chi connectivity index (χ3n) is 6.07. The molecular weight excluding hydrogens is 483 g/mol. The van der Waals surface area contributed by atoms with Crippen molar-refractivity contribution in [3.63, 3.8) is 0 Å². The molecule has 1 atom stereocenters. The summed E-state index contributed by atoms with van der Waals surface area (Å²) in [5.41, 5.74) is 0.982. The average Bonchev–Trinajstić information content (AvgIpc) is 3.43. The molecule has 0 radical (unpaired) electrons. The zero-order chi connectivity index (χ0) is 25.0. The van der Waals surface area contributed by atoms with Gasteiger partial charge in [-0.3, -0.25) is 14.5 Å². The number of aromatic nitrogens is 1. The van der Waals surface area contributed by atoms with E-state index in [1.165, 1.54) is 17.0 Å². The first-order valence-electron chi connectivity index (χ1n) is 11.2. The quantitative estimate of drug-likeness (QED) is 0.304. The van der Waals surface area contributed by atoms with Crippen LogP contribution in [0.5, 0.6) is 0 Å². The van der Waals surface area contributed by atoms with Crippen molar-refractivity contribution < 1.29 is 23.1 Å². The van der Waals surface area contributed by atoms with E-state index in [-0.39, 0.29) is 34.2 Å². The van der Waals surface area contributed by atoms with Crippen LogP contribution in [0, 0.1) is 5.82 Å². The van der Waals surface area contributed by atoms with Crippen LogP contribution in [0.25, 0.3) is 21.2 Å². The summed E-state index contributed by atoms with van der Waals surface area (Å²) in [5.74, 6) is -1.76. The minimum absolute atomic E-state index is 0.0651. The van der Waals surface area contributed by atoms with Gasteiger partial charge in [0.1, 0.15) is 17.4 Å². The van der Waals surface area contributed by atoms with Crippen molar-refractivity contribution in [3.05, 3.63) is 105 Å². The standard InChI is InChI=1S/C27H17FN2O5S/c1-2-34-26(33)14-11-12-18-20(13-14)36-27(29-18)30-22(15-7-3-5-9-17(15)28)21-23(31)16-8-4-6-10-19(16)35-24(21)25(30)32/h3-13,22H,2H2,1H3/t22-/m0/s1. The number of ether oxygens (including phenoxy) is 1. The van der Waals surface area contributed by atoms with Gasteiger partial charge >= 0.3 is 5.97 Å². The summed E-state index contributed by atoms with van der Waals surface area (Å²) in [4.78, 5) is 45.3. The van der Waals surface area contributed by atoms with Gasteiger partial charge < -0.3 is 9.15 Å². The van der Waals surface area contributed by atoms with E-state index in [1.54, 1.807) is 61.5 Å². The van der Waals surface area contributed by atoms with E-state index in [0.29, 0.717) is 21.2 Å². The van der Waals surface area contributed by atoms with E-state index in [1.807, 2.05) is 0 Å². The first-order chi connectivity index (χ1) is 17.5. The first kappa shape index (κ1) is 22.1. The number of benzene rings is 3. The Bertz CT molecular complexity index is 1760. The van der Waals surface area contributed by atoms with Crippen molar-refractivity contribution in [1.29, 1.82) is 0 Å². The number of thiazole rings is 1. The third kappa shape index (κ3) is 3.31. The highest BCUT2D eigenvalue weighted by Crippen LogP contribution is 2.44. The second-order valence-electron chi connectivity index (χ2n) is 8.17. The predicted octanol–water partition coefficient (Wildman–Crippen LogP) is 5.47. The van der Waals surface area contributed by atoms with Crippen LogP contribution in [0.15, 0.2) is 75.9 Å². The number of halogens is 1. The topological polar surface area (TPSA) is 89.7 Å². The molecular formula is C27H17FN2O5S. The number of esters is 1. The number of anilines is 1. The highest BCUT2D eigenvalue weighted by atomic mass is 32.1. The van der Waals surface area contributed by atoms with Gasteiger partial charge in [-0.05, 0) is 43.3 Å². The molecule has 1 amide bonds. The largest absolute Gasteiger partial charge is 0.462 e. The number of nitrogens with zero attached hydrogens (tertiary/aromatic N) is 2. The van der Waals surface area contributed by atoms with Crippen LogP contribution in [0.1, 0.15) is 45.0 Å². The van der Waals surface area contributed by atoms with Gasteiger partial charge in [0.25, 0.3) is 5.91 Å². The van der Waals surface area contributed by atoms with Gasteiger partial charge in [-0.25, -0.2) is 14.2 Å². The van der Waals surface area contributed by atoms with Gasteiger partial charge in [-0.15, -0.1) is 0 Å². The van der Waals surface area contributed by atoms with E-state index in [9.17, 15) is 14.4 Å². The Morgan fingerprint density at radius 3 is 2.69 bits per heavy atom. The lowest BCUT2D eigenvalue weighted by atomic mass is 9.98. The smallest absolute Gasteiger partial charge is 0.338 e. The molecule has 0 fully saturated rings. The number of para-hydroxylation sites is 1. The molecule has 6 rings (SSSR count). The fourth-order valence-electron chi connectivity index (χ4n) is 4.46. The maximum Gasteiger partial charge on any atom is 0.338 e. The monoisotopic (exact) mass is 500 g/mol. The van der Waals surface area contributed by atoms with Gasteiger partial charge in [0, 0.05) is 5.56 Å². The molecule has 0 aliphatic carbocycles. The van der Waals surface area contributed by atoms with Crippen LogP contribution in [0.2, 0.25) is 0 Å². The molecule has 9 heteroatoms. The number of hydrogen-bond acceptors (Lipinski definition) is 7. The SMILES string of the molecule is CCOC(=O)c1ccc2nc(N3C(=O)c4oc5ccccc5c(=O)c4[C@@H]3c3ccccc3F)sc2c1. The molecule has 3 aromatic carbocycles. The van der Waals surface area contributed by atoms with Crippen LogP contribution in [-0.2, 0) is 4.74 Å². The molecule has 2 aromatic heterocycles. The molecule has 36 heavy (non-hydrogen) atoms. The Morgan fingerprint density at radius 1 is 1.11 bits per heavy atom. The van der Waals surface area contributed by atoms with Crippen LogP contribution in [-0.4, -0.2) is 23.5 Å². The van der Waals surface area contributed by atoms with Crippen LogP contribution < -0.4 is 10.3 Å². The number of carbonyl (C=O) groups is 2. The summed E-state index contributed by atoms with van der Waals surface area (Å²) in [6, 6.07) is 16.5. The molecule has 3 heterocycles. The number of hydrogen-bond donors (Lipinski definition) is 0. The van der Waals surface area contributed by atoms with Gasteiger partial charge in [-0.2, -0.15) is 0 Å². The van der Waals surface area contributed by atoms with Crippen molar-refractivity contribution in [3.8, 4) is 0 Å². The summed E-state index contributed by atoms with van der Waals surface area (Å²) in [6.45, 7) is 1.96. The predicted molar refractivity (Wildman–Crippen MR) is 133 cm³/mol. The molecule has 0 saturated carbocycles. The lowest BCUT2D eigenvalue weighted by Gasteiger charge is -2.22. The van der Waals surface area contributed by atoms with E-state index >= 15 is 4.39 Å². The Morgan fingerprint density at radius 2 is 1.89 bits per heavy atom. The Balaban J connectivity index is 1.57. The summed E-state index contributed by atoms with van der Waals surface area (Å²) in [5, 5.41) is 0.551. The highest BCUT2D eigenvalue weighted by molar-refractivity contribution is 7.22. The molecule has 0 unspecified atom stereocenters. The van der Waals surface area contributed by atoms with Crippen LogP contribution in [0.4, 0.5) is 9.52 Å². The molecule has 0 N–H and O–H groups in total. The zero-order valence-corrected chi connectivity index (χ0v) is 19.7. The summed E-state index contributed by atoms with van der Waals surface area (Å²) < 4.78 is 26.7. The summed E-state index contributed by atoms with van der Waals surface area (Å²) in [6.07, 6.45) is 0. The lowest BCUT2D eigenvalue weighted by molar-refractivity contribution is 0.0526. The van der Waals surface area contributed by atoms with Crippen molar-refractivity contribution in [1.82, 2.24) is 4.98 Å². The van der Waals surface area contributed by atoms with E-state index < -0.39 is 29.2 Å². The van der Waals surface area contributed by atoms with Crippen molar-refractivity contribution in [2.24, 2.45) is 0 Å². The number of amides is 1. The fourth-order valence-corrected chi connectivity index (χ4v) is 5.50. The second kappa shape index (κ2) is 8.39. The number of carbonyl (C=O) groups excluding carboxylic acids is 2. The molecule has 0 spiro atoms. The van der Waals surface area contributed by atoms with Gasteiger partial charge in [0.15, 0.2) is 10.6 Å². The van der Waals surface area contributed by atoms with Crippen molar-refractivity contribution in [2.75, 3.05) is 11.5 Å². The lowest BCUT2D eigenvalue weighted by Crippen LogP contribution is -2.30. The molecule has 1 aliphatic rings. The van der Waals surface area contributed by atoms with Crippen LogP contribution >= 0.6 is 11.3 Å². The number of fused-ring (bicyclic) bond motifs is 3. The molecule has 0 saturated heterocycles. The number of rotatable bonds is 4. The van der Waals surface area contributed by atoms with Gasteiger partial charge in [0.05, 0.1) is 33.3 Å². The van der Waals surface area contributed by atoms with Gasteiger partial charge in [-0.1, -0.05) is 41.7 Å². The van der Waals surface area contributed by atoms with Crippen LogP contribution in [0.3, 0.4) is 0 Å². The maximum atomic E-state index is 15.1. The zero-order valence-electron chi connectivity index (χ0n) is 18.9. The van der Waals surface area contributed by atoms with Crippen molar-refractivity contribution in [2.45, 2.75) is 13.0 Å². The molecule has 7 nitrogen and oxygen atoms in total. The normalized spacial score (nSPS) is 15.0. The average molecular weight is 501 g/mol. The minimum atomic E-state index is -1.07. The molecule has 1 aliphatic heterocycles. The summed E-state index contributed by atoms with van der Waals surface area (Å²) >= 11 is 1.15. The van der Waals surface area contributed by atoms with E-state index in [0.717, 1.165) is 11.3 Å². The summed E-state index contributed by atoms with van der Waals surface area (Å²) in [7, 11) is 0. The second-order valence-corrected chi connectivity index (χ2v) is 9.18. The maximum absolute atomic E-state index is 15.1. The van der Waals surface area contributed by atoms with Crippen molar-refractivity contribution >= 4 is 49.5 Å². The Labute approximate surface area is 207 Å². The fraction of sp³-hybridized carbons (Fsp3) is 0.111.